The molecule has 7 heteroatoms. The Bertz CT molecular complexity index is 965. The van der Waals surface area contributed by atoms with Gasteiger partial charge in [0.2, 0.25) is 0 Å². The molecule has 128 valence electrons. The molecule has 0 saturated heterocycles. The Morgan fingerprint density at radius 2 is 2.12 bits per heavy atom. The first-order valence-corrected chi connectivity index (χ1v) is 8.64. The molecule has 0 unspecified atom stereocenters. The summed E-state index contributed by atoms with van der Waals surface area (Å²) in [5.41, 5.74) is 4.20. The van der Waals surface area contributed by atoms with Crippen LogP contribution >= 0.6 is 11.3 Å². The molecule has 2 aromatic heterocycles. The Morgan fingerprint density at radius 3 is 2.84 bits per heavy atom. The summed E-state index contributed by atoms with van der Waals surface area (Å²) in [5, 5.41) is 12.2. The molecule has 3 aromatic rings. The van der Waals surface area contributed by atoms with E-state index in [2.05, 4.69) is 27.1 Å². The van der Waals surface area contributed by atoms with Gasteiger partial charge < -0.3 is 10.1 Å². The molecule has 1 N–H and O–H groups in total. The average molecular weight is 354 g/mol. The molecule has 0 bridgehead atoms. The molecule has 0 spiro atoms. The van der Waals surface area contributed by atoms with Gasteiger partial charge in [0.05, 0.1) is 33.8 Å². The number of benzene rings is 1. The van der Waals surface area contributed by atoms with Crippen molar-refractivity contribution in [2.45, 2.75) is 20.8 Å². The van der Waals surface area contributed by atoms with E-state index in [1.807, 2.05) is 25.1 Å². The Labute approximate surface area is 149 Å². The predicted molar refractivity (Wildman–Crippen MR) is 99.8 cm³/mol. The monoisotopic (exact) mass is 354 g/mol. The van der Waals surface area contributed by atoms with Crippen LogP contribution in [-0.2, 0) is 4.74 Å². The first-order valence-electron chi connectivity index (χ1n) is 7.83. The number of carbonyl (C=O) groups excluding carboxylic acids is 1. The van der Waals surface area contributed by atoms with Gasteiger partial charge in [0, 0.05) is 11.3 Å². The zero-order valence-corrected chi connectivity index (χ0v) is 15.1. The van der Waals surface area contributed by atoms with Gasteiger partial charge in [0.25, 0.3) is 0 Å². The number of anilines is 1. The lowest BCUT2D eigenvalue weighted by molar-refractivity contribution is 0.0524. The van der Waals surface area contributed by atoms with Gasteiger partial charge >= 0.3 is 5.97 Å². The summed E-state index contributed by atoms with van der Waals surface area (Å²) in [5.74, 6) is -0.386. The number of allylic oxidation sites excluding steroid dienone is 1. The maximum Gasteiger partial charge on any atom is 0.340 e. The molecule has 3 rings (SSSR count). The van der Waals surface area contributed by atoms with Crippen molar-refractivity contribution in [1.82, 2.24) is 15.2 Å². The van der Waals surface area contributed by atoms with Gasteiger partial charge in [-0.15, -0.1) is 0 Å². The summed E-state index contributed by atoms with van der Waals surface area (Å²) in [6.45, 7) is 9.55. The number of fused-ring (bicyclic) bond motifs is 1. The minimum absolute atomic E-state index is 0.321. The first-order chi connectivity index (χ1) is 12.0. The fourth-order valence-electron chi connectivity index (χ4n) is 2.33. The molecule has 2 heterocycles. The van der Waals surface area contributed by atoms with Crippen LogP contribution < -0.4 is 5.32 Å². The maximum atomic E-state index is 12.1. The van der Waals surface area contributed by atoms with E-state index in [9.17, 15) is 4.79 Å². The largest absolute Gasteiger partial charge is 0.462 e. The van der Waals surface area contributed by atoms with Crippen molar-refractivity contribution in [2.75, 3.05) is 11.9 Å². The Balaban J connectivity index is 1.99. The topological polar surface area (TPSA) is 77.0 Å². The Morgan fingerprint density at radius 1 is 1.32 bits per heavy atom. The van der Waals surface area contributed by atoms with Crippen molar-refractivity contribution < 1.29 is 9.53 Å². The number of aromatic nitrogens is 3. The van der Waals surface area contributed by atoms with Crippen LogP contribution in [0.5, 0.6) is 0 Å². The van der Waals surface area contributed by atoms with E-state index in [-0.39, 0.29) is 5.97 Å². The molecule has 0 aliphatic carbocycles. The molecule has 0 radical (unpaired) electrons. The molecular formula is C18H18N4O2S. The van der Waals surface area contributed by atoms with E-state index in [4.69, 9.17) is 4.74 Å². The normalized spacial score (nSPS) is 10.7. The second kappa shape index (κ2) is 6.98. The van der Waals surface area contributed by atoms with Crippen LogP contribution in [0.15, 0.2) is 36.5 Å². The lowest BCUT2D eigenvalue weighted by atomic mass is 10.1. The zero-order chi connectivity index (χ0) is 18.0. The third-order valence-corrected chi connectivity index (χ3v) is 4.41. The number of ether oxygens (including phenoxy) is 1. The molecule has 0 fully saturated rings. The number of thiazole rings is 1. The molecule has 25 heavy (non-hydrogen) atoms. The number of nitrogens with zero attached hydrogens (tertiary/aromatic N) is 3. The second-order valence-corrected chi connectivity index (χ2v) is 6.59. The lowest BCUT2D eigenvalue weighted by Gasteiger charge is -2.06. The van der Waals surface area contributed by atoms with Crippen LogP contribution in [-0.4, -0.2) is 27.8 Å². The Kier molecular flexibility index (Phi) is 4.76. The van der Waals surface area contributed by atoms with Crippen molar-refractivity contribution in [1.29, 1.82) is 0 Å². The highest BCUT2D eigenvalue weighted by Gasteiger charge is 2.14. The third-order valence-electron chi connectivity index (χ3n) is 3.48. The highest BCUT2D eigenvalue weighted by molar-refractivity contribution is 7.22. The number of aryl methyl sites for hydroxylation is 1. The highest BCUT2D eigenvalue weighted by Crippen LogP contribution is 2.30. The highest BCUT2D eigenvalue weighted by atomic mass is 32.1. The minimum Gasteiger partial charge on any atom is -0.462 e. The smallest absolute Gasteiger partial charge is 0.340 e. The van der Waals surface area contributed by atoms with Crippen LogP contribution in [0.1, 0.15) is 29.9 Å². The van der Waals surface area contributed by atoms with Crippen LogP contribution in [0.4, 0.5) is 5.13 Å². The lowest BCUT2D eigenvalue weighted by Crippen LogP contribution is -2.09. The van der Waals surface area contributed by atoms with Crippen molar-refractivity contribution in [3.63, 3.8) is 0 Å². The fraction of sp³-hybridized carbons (Fsp3) is 0.222. The minimum atomic E-state index is -0.386. The van der Waals surface area contributed by atoms with Crippen LogP contribution in [0.25, 0.3) is 21.5 Å². The van der Waals surface area contributed by atoms with Crippen molar-refractivity contribution in [3.8, 4) is 11.3 Å². The van der Waals surface area contributed by atoms with Gasteiger partial charge in [0.1, 0.15) is 0 Å². The number of hydrogen-bond donors (Lipinski definition) is 1. The molecule has 0 aliphatic rings. The van der Waals surface area contributed by atoms with Gasteiger partial charge in [-0.05, 0) is 39.0 Å². The van der Waals surface area contributed by atoms with Gasteiger partial charge in [-0.1, -0.05) is 24.0 Å². The van der Waals surface area contributed by atoms with Gasteiger partial charge in [-0.25, -0.2) is 9.78 Å². The van der Waals surface area contributed by atoms with E-state index >= 15 is 0 Å². The molecule has 6 nitrogen and oxygen atoms in total. The van der Waals surface area contributed by atoms with E-state index in [0.717, 1.165) is 26.6 Å². The number of hydrogen-bond acceptors (Lipinski definition) is 7. The van der Waals surface area contributed by atoms with E-state index in [1.54, 1.807) is 19.9 Å². The van der Waals surface area contributed by atoms with Gasteiger partial charge in [-0.2, -0.15) is 10.2 Å². The van der Waals surface area contributed by atoms with E-state index in [0.29, 0.717) is 23.6 Å². The summed E-state index contributed by atoms with van der Waals surface area (Å²) in [6.07, 6.45) is 0. The predicted octanol–water partition coefficient (Wildman–Crippen LogP) is 4.18. The van der Waals surface area contributed by atoms with Crippen LogP contribution in [0.3, 0.4) is 0 Å². The summed E-state index contributed by atoms with van der Waals surface area (Å²) < 4.78 is 6.09. The zero-order valence-electron chi connectivity index (χ0n) is 14.3. The summed E-state index contributed by atoms with van der Waals surface area (Å²) >= 11 is 1.53. The van der Waals surface area contributed by atoms with Crippen molar-refractivity contribution >= 4 is 32.7 Å². The molecule has 0 amide bonds. The average Bonchev–Trinajstić information content (AvgIpc) is 2.95. The summed E-state index contributed by atoms with van der Waals surface area (Å²) in [7, 11) is 0. The summed E-state index contributed by atoms with van der Waals surface area (Å²) in [4.78, 5) is 16.6. The number of carbonyl (C=O) groups is 1. The van der Waals surface area contributed by atoms with E-state index in [1.165, 1.54) is 11.3 Å². The standard InChI is InChI=1S/C18H18N4O2S/c1-5-24-17(23)13-9-15(22-21-11(13)4)12-6-7-14-16(8-12)25-18(20-14)19-10(2)3/h6-9H,2,5H2,1,3-4H3,(H,19,20). The number of nitrogens with one attached hydrogen (secondary N) is 1. The molecule has 1 aromatic carbocycles. The van der Waals surface area contributed by atoms with Gasteiger partial charge in [-0.3, -0.25) is 0 Å². The third kappa shape index (κ3) is 3.66. The molecule has 0 aliphatic heterocycles. The van der Waals surface area contributed by atoms with Crippen molar-refractivity contribution in [3.05, 3.63) is 47.8 Å². The van der Waals surface area contributed by atoms with Gasteiger partial charge in [0.15, 0.2) is 5.13 Å². The van der Waals surface area contributed by atoms with Crippen molar-refractivity contribution in [2.24, 2.45) is 0 Å². The molecule has 0 atom stereocenters. The first kappa shape index (κ1) is 17.0. The number of rotatable bonds is 5. The Hall–Kier alpha value is -2.80. The fourth-order valence-corrected chi connectivity index (χ4v) is 3.31. The number of esters is 1. The molecular weight excluding hydrogens is 336 g/mol. The van der Waals surface area contributed by atoms with E-state index < -0.39 is 0 Å². The summed E-state index contributed by atoms with van der Waals surface area (Å²) in [6, 6.07) is 7.55. The van der Waals surface area contributed by atoms with Crippen LogP contribution in [0.2, 0.25) is 0 Å². The second-order valence-electron chi connectivity index (χ2n) is 5.56. The SMILES string of the molecule is C=C(C)Nc1nc2ccc(-c3cc(C(=O)OCC)c(C)nn3)cc2s1. The quantitative estimate of drug-likeness (QED) is 0.693. The molecule has 0 saturated carbocycles. The van der Waals surface area contributed by atoms with Crippen LogP contribution in [0, 0.1) is 6.92 Å². The maximum absolute atomic E-state index is 12.1.